The molecule has 7 nitrogen and oxygen atoms in total. The average molecular weight is 449 g/mol. The molecule has 4 rings (SSSR count). The maximum absolute atomic E-state index is 13.0. The molecule has 0 unspecified atom stereocenters. The number of amides is 2. The number of nitrogens with one attached hydrogen (secondary N) is 2. The van der Waals surface area contributed by atoms with Crippen molar-refractivity contribution >= 4 is 22.6 Å². The molecule has 174 valence electrons. The fourth-order valence-corrected chi connectivity index (χ4v) is 4.55. The highest BCUT2D eigenvalue weighted by Crippen LogP contribution is 2.29. The Morgan fingerprint density at radius 2 is 1.91 bits per heavy atom. The topological polar surface area (TPSA) is 75.7 Å². The number of rotatable bonds is 7. The molecule has 2 atom stereocenters. The van der Waals surface area contributed by atoms with E-state index in [4.69, 9.17) is 9.47 Å². The number of ether oxygens (including phenoxy) is 2. The number of nitrogens with zero attached hydrogens (tertiary/aromatic N) is 2. The summed E-state index contributed by atoms with van der Waals surface area (Å²) in [7, 11) is 3.37. The Labute approximate surface area is 195 Å². The highest BCUT2D eigenvalue weighted by atomic mass is 16.5. The molecule has 0 spiro atoms. The number of fused-ring (bicyclic) bond motifs is 1. The molecule has 2 N–H and O–H groups in total. The lowest BCUT2D eigenvalue weighted by atomic mass is 9.94. The predicted molar refractivity (Wildman–Crippen MR) is 131 cm³/mol. The minimum absolute atomic E-state index is 0.000668. The van der Waals surface area contributed by atoms with Crippen LogP contribution in [0.2, 0.25) is 0 Å². The van der Waals surface area contributed by atoms with Crippen LogP contribution >= 0.6 is 0 Å². The zero-order valence-electron chi connectivity index (χ0n) is 19.7. The Balaban J connectivity index is 1.51. The van der Waals surface area contributed by atoms with Crippen molar-refractivity contribution in [1.29, 1.82) is 0 Å². The first-order valence-corrected chi connectivity index (χ1v) is 11.3. The lowest BCUT2D eigenvalue weighted by Gasteiger charge is -2.21. The minimum Gasteiger partial charge on any atom is -0.496 e. The average Bonchev–Trinajstić information content (AvgIpc) is 3.21. The quantitative estimate of drug-likeness (QED) is 0.569. The van der Waals surface area contributed by atoms with Gasteiger partial charge in [0.05, 0.1) is 36.7 Å². The van der Waals surface area contributed by atoms with E-state index in [0.717, 1.165) is 47.5 Å². The molecule has 1 fully saturated rings. The number of carbonyl (C=O) groups excluding carboxylic acids is 1. The number of aromatic nitrogens is 1. The largest absolute Gasteiger partial charge is 0.496 e. The summed E-state index contributed by atoms with van der Waals surface area (Å²) in [6.45, 7) is 7.08. The van der Waals surface area contributed by atoms with Gasteiger partial charge in [0.15, 0.2) is 0 Å². The third kappa shape index (κ3) is 5.26. The van der Waals surface area contributed by atoms with Gasteiger partial charge in [-0.15, -0.1) is 0 Å². The summed E-state index contributed by atoms with van der Waals surface area (Å²) in [5.74, 6) is 1.02. The van der Waals surface area contributed by atoms with Gasteiger partial charge in [-0.3, -0.25) is 9.88 Å². The second-order valence-corrected chi connectivity index (χ2v) is 8.61. The van der Waals surface area contributed by atoms with E-state index in [2.05, 4.69) is 32.7 Å². The molecule has 2 amide bonds. The Bertz CT molecular complexity index is 1120. The summed E-state index contributed by atoms with van der Waals surface area (Å²) in [4.78, 5) is 20.0. The van der Waals surface area contributed by atoms with E-state index in [1.165, 1.54) is 5.56 Å². The van der Waals surface area contributed by atoms with E-state index in [9.17, 15) is 4.79 Å². The van der Waals surface area contributed by atoms with Crippen LogP contribution in [0.15, 0.2) is 48.5 Å². The van der Waals surface area contributed by atoms with Gasteiger partial charge >= 0.3 is 6.03 Å². The van der Waals surface area contributed by atoms with Crippen LogP contribution in [0.5, 0.6) is 5.75 Å². The van der Waals surface area contributed by atoms with E-state index in [0.29, 0.717) is 12.3 Å². The lowest BCUT2D eigenvalue weighted by molar-refractivity contribution is 0.159. The van der Waals surface area contributed by atoms with Gasteiger partial charge < -0.3 is 20.1 Å². The molecule has 1 saturated heterocycles. The van der Waals surface area contributed by atoms with Crippen molar-refractivity contribution in [3.63, 3.8) is 0 Å². The molecule has 3 aromatic rings. The molecule has 33 heavy (non-hydrogen) atoms. The van der Waals surface area contributed by atoms with Gasteiger partial charge in [-0.25, -0.2) is 4.79 Å². The minimum atomic E-state index is -0.224. The number of carbonyl (C=O) groups is 1. The Hall–Kier alpha value is -3.16. The first-order chi connectivity index (χ1) is 16.0. The standard InChI is InChI=1S/C26H32N4O3/c1-17-12-23-20(14-25(17)33-4)13-22(18(2)27-23)28-26(31)29-24-16-30(10-11-32-3)15-21(24)19-8-6-5-7-9-19/h5-9,12-14,21,24H,10-11,15-16H2,1-4H3,(H2,28,29,31)/t21-,24+/m0/s1. The monoisotopic (exact) mass is 448 g/mol. The third-order valence-corrected chi connectivity index (χ3v) is 6.32. The smallest absolute Gasteiger partial charge is 0.319 e. The number of aryl methyl sites for hydroxylation is 2. The van der Waals surface area contributed by atoms with E-state index in [1.54, 1.807) is 14.2 Å². The highest BCUT2D eigenvalue weighted by Gasteiger charge is 2.34. The van der Waals surface area contributed by atoms with Crippen molar-refractivity contribution in [3.8, 4) is 5.75 Å². The summed E-state index contributed by atoms with van der Waals surface area (Å²) >= 11 is 0. The molecule has 1 aliphatic rings. The Kier molecular flexibility index (Phi) is 7.11. The number of benzene rings is 2. The van der Waals surface area contributed by atoms with Gasteiger partial charge in [-0.1, -0.05) is 30.3 Å². The molecule has 7 heteroatoms. The van der Waals surface area contributed by atoms with Crippen LogP contribution in [0.1, 0.15) is 22.7 Å². The molecular weight excluding hydrogens is 416 g/mol. The SMILES string of the molecule is COCCN1C[C@@H](NC(=O)Nc2cc3cc(OC)c(C)cc3nc2C)[C@H](c2ccccc2)C1. The fraction of sp³-hybridized carbons (Fsp3) is 0.385. The fourth-order valence-electron chi connectivity index (χ4n) is 4.55. The third-order valence-electron chi connectivity index (χ3n) is 6.32. The number of methoxy groups -OCH3 is 2. The highest BCUT2D eigenvalue weighted by molar-refractivity contribution is 5.93. The zero-order chi connectivity index (χ0) is 23.4. The first-order valence-electron chi connectivity index (χ1n) is 11.3. The second kappa shape index (κ2) is 10.2. The first kappa shape index (κ1) is 23.0. The van der Waals surface area contributed by atoms with E-state index < -0.39 is 0 Å². The molecule has 2 aromatic carbocycles. The van der Waals surface area contributed by atoms with Crippen molar-refractivity contribution in [2.45, 2.75) is 25.8 Å². The molecule has 2 heterocycles. The van der Waals surface area contributed by atoms with Crippen LogP contribution < -0.4 is 15.4 Å². The van der Waals surface area contributed by atoms with Crippen molar-refractivity contribution in [3.05, 3.63) is 65.4 Å². The Morgan fingerprint density at radius 1 is 1.12 bits per heavy atom. The second-order valence-electron chi connectivity index (χ2n) is 8.61. The Morgan fingerprint density at radius 3 is 2.64 bits per heavy atom. The molecule has 0 radical (unpaired) electrons. The molecule has 1 aliphatic heterocycles. The maximum Gasteiger partial charge on any atom is 0.319 e. The van der Waals surface area contributed by atoms with Crippen molar-refractivity contribution < 1.29 is 14.3 Å². The van der Waals surface area contributed by atoms with Crippen LogP contribution in [0.25, 0.3) is 10.9 Å². The van der Waals surface area contributed by atoms with Gasteiger partial charge in [-0.2, -0.15) is 0 Å². The molecule has 0 bridgehead atoms. The van der Waals surface area contributed by atoms with E-state index in [-0.39, 0.29) is 18.0 Å². The van der Waals surface area contributed by atoms with Gasteiger partial charge in [-0.05, 0) is 43.2 Å². The number of anilines is 1. The summed E-state index contributed by atoms with van der Waals surface area (Å²) in [5, 5.41) is 7.14. The van der Waals surface area contributed by atoms with Crippen LogP contribution in [0.4, 0.5) is 10.5 Å². The summed E-state index contributed by atoms with van der Waals surface area (Å²) in [6.07, 6.45) is 0. The normalized spacial score (nSPS) is 18.4. The van der Waals surface area contributed by atoms with Crippen molar-refractivity contribution in [1.82, 2.24) is 15.2 Å². The van der Waals surface area contributed by atoms with Crippen LogP contribution in [0, 0.1) is 13.8 Å². The molecular formula is C26H32N4O3. The molecule has 0 aliphatic carbocycles. The van der Waals surface area contributed by atoms with E-state index >= 15 is 0 Å². The van der Waals surface area contributed by atoms with Gasteiger partial charge in [0.25, 0.3) is 0 Å². The number of likely N-dealkylation sites (tertiary alicyclic amines) is 1. The number of hydrogen-bond donors (Lipinski definition) is 2. The lowest BCUT2D eigenvalue weighted by Crippen LogP contribution is -2.42. The summed E-state index contributed by atoms with van der Waals surface area (Å²) < 4.78 is 10.7. The van der Waals surface area contributed by atoms with E-state index in [1.807, 2.05) is 50.2 Å². The van der Waals surface area contributed by atoms with Gasteiger partial charge in [0, 0.05) is 38.0 Å². The van der Waals surface area contributed by atoms with Gasteiger partial charge in [0.1, 0.15) is 5.75 Å². The number of pyridine rings is 1. The number of hydrogen-bond acceptors (Lipinski definition) is 5. The predicted octanol–water partition coefficient (Wildman–Crippen LogP) is 4.10. The molecule has 0 saturated carbocycles. The van der Waals surface area contributed by atoms with Crippen LogP contribution in [0.3, 0.4) is 0 Å². The summed E-state index contributed by atoms with van der Waals surface area (Å²) in [6, 6.07) is 16.1. The van der Waals surface area contributed by atoms with Gasteiger partial charge in [0.2, 0.25) is 0 Å². The van der Waals surface area contributed by atoms with Crippen LogP contribution in [-0.2, 0) is 4.74 Å². The maximum atomic E-state index is 13.0. The molecule has 1 aromatic heterocycles. The zero-order valence-corrected chi connectivity index (χ0v) is 19.7. The van der Waals surface area contributed by atoms with Crippen LogP contribution in [-0.4, -0.2) is 62.4 Å². The van der Waals surface area contributed by atoms with Crippen molar-refractivity contribution in [2.75, 3.05) is 45.8 Å². The number of urea groups is 1. The van der Waals surface area contributed by atoms with Crippen molar-refractivity contribution in [2.24, 2.45) is 0 Å². The summed E-state index contributed by atoms with van der Waals surface area (Å²) in [5.41, 5.74) is 4.60.